The fourth-order valence-corrected chi connectivity index (χ4v) is 1.01. The lowest BCUT2D eigenvalue weighted by Crippen LogP contribution is -2.12. The van der Waals surface area contributed by atoms with Crippen LogP contribution in [0.1, 0.15) is 20.3 Å². The van der Waals surface area contributed by atoms with Crippen LogP contribution in [-0.2, 0) is 0 Å². The average Bonchev–Trinajstić information content (AvgIpc) is 2.28. The van der Waals surface area contributed by atoms with Crippen LogP contribution in [0.4, 0.5) is 5.95 Å². The molecule has 1 rings (SSSR count). The Hall–Kier alpha value is -1.85. The van der Waals surface area contributed by atoms with E-state index in [1.165, 1.54) is 0 Å². The molecule has 0 aliphatic heterocycles. The molecule has 6 nitrogen and oxygen atoms in total. The van der Waals surface area contributed by atoms with Crippen LogP contribution >= 0.6 is 0 Å². The van der Waals surface area contributed by atoms with E-state index in [-0.39, 0.29) is 18.1 Å². The fraction of sp³-hybridized carbons (Fsp3) is 0.545. The molecule has 1 heterocycles. The highest BCUT2D eigenvalue weighted by Gasteiger charge is 2.08. The van der Waals surface area contributed by atoms with Gasteiger partial charge in [-0.2, -0.15) is 9.97 Å². The summed E-state index contributed by atoms with van der Waals surface area (Å²) in [5, 5.41) is 2.83. The van der Waals surface area contributed by atoms with E-state index in [0.29, 0.717) is 12.6 Å². The number of anilines is 1. The van der Waals surface area contributed by atoms with E-state index in [0.717, 1.165) is 6.42 Å². The molecule has 0 unspecified atom stereocenters. The van der Waals surface area contributed by atoms with E-state index < -0.39 is 0 Å². The van der Waals surface area contributed by atoms with Crippen molar-refractivity contribution in [2.45, 2.75) is 26.4 Å². The normalized spacial score (nSPS) is 10.1. The molecule has 0 aliphatic rings. The molecule has 0 radical (unpaired) electrons. The van der Waals surface area contributed by atoms with Crippen LogP contribution < -0.4 is 14.8 Å². The Morgan fingerprint density at radius 2 is 2.00 bits per heavy atom. The molecule has 94 valence electrons. The molecule has 0 saturated heterocycles. The van der Waals surface area contributed by atoms with Crippen molar-refractivity contribution in [3.63, 3.8) is 0 Å². The van der Waals surface area contributed by atoms with Gasteiger partial charge in [-0.05, 0) is 20.3 Å². The molecule has 0 bridgehead atoms. The van der Waals surface area contributed by atoms with Crippen molar-refractivity contribution in [2.24, 2.45) is 0 Å². The van der Waals surface area contributed by atoms with Gasteiger partial charge in [-0.25, -0.2) is 0 Å². The molecule has 0 atom stereocenters. The minimum Gasteiger partial charge on any atom is -0.463 e. The van der Waals surface area contributed by atoms with Crippen LogP contribution in [0.25, 0.3) is 0 Å². The lowest BCUT2D eigenvalue weighted by atomic mass is 10.5. The van der Waals surface area contributed by atoms with Crippen molar-refractivity contribution in [1.29, 1.82) is 0 Å². The zero-order valence-corrected chi connectivity index (χ0v) is 10.4. The zero-order valence-electron chi connectivity index (χ0n) is 10.4. The van der Waals surface area contributed by atoms with Crippen LogP contribution in [0.3, 0.4) is 0 Å². The summed E-state index contributed by atoms with van der Waals surface area (Å²) in [4.78, 5) is 12.2. The number of nitrogens with one attached hydrogen (secondary N) is 1. The first-order valence-electron chi connectivity index (χ1n) is 5.50. The van der Waals surface area contributed by atoms with Gasteiger partial charge >= 0.3 is 12.0 Å². The van der Waals surface area contributed by atoms with Crippen molar-refractivity contribution < 1.29 is 9.47 Å². The molecule has 0 saturated carbocycles. The van der Waals surface area contributed by atoms with Crippen molar-refractivity contribution in [3.8, 4) is 12.0 Å². The van der Waals surface area contributed by atoms with E-state index in [1.807, 2.05) is 13.8 Å². The molecule has 1 aromatic rings. The third-order valence-corrected chi connectivity index (χ3v) is 1.71. The monoisotopic (exact) mass is 238 g/mol. The lowest BCUT2D eigenvalue weighted by molar-refractivity contribution is 0.214. The van der Waals surface area contributed by atoms with Crippen LogP contribution in [0.15, 0.2) is 12.7 Å². The molecule has 0 aromatic carbocycles. The highest BCUT2D eigenvalue weighted by molar-refractivity contribution is 5.26. The van der Waals surface area contributed by atoms with E-state index >= 15 is 0 Å². The second-order valence-corrected chi connectivity index (χ2v) is 3.57. The maximum absolute atomic E-state index is 5.40. The maximum Gasteiger partial charge on any atom is 0.324 e. The maximum atomic E-state index is 5.40. The SMILES string of the molecule is C=CCCOc1nc(NC)nc(OC(C)C)n1. The van der Waals surface area contributed by atoms with Gasteiger partial charge < -0.3 is 14.8 Å². The van der Waals surface area contributed by atoms with Crippen LogP contribution in [-0.4, -0.2) is 34.7 Å². The molecule has 0 amide bonds. The predicted octanol–water partition coefficient (Wildman–Crippen LogP) is 1.66. The molecular weight excluding hydrogens is 220 g/mol. The number of nitrogens with zero attached hydrogens (tertiary/aromatic N) is 3. The van der Waals surface area contributed by atoms with Gasteiger partial charge in [-0.3, -0.25) is 0 Å². The molecule has 0 spiro atoms. The highest BCUT2D eigenvalue weighted by atomic mass is 16.5. The number of rotatable bonds is 7. The van der Waals surface area contributed by atoms with Crippen LogP contribution in [0.5, 0.6) is 12.0 Å². The summed E-state index contributed by atoms with van der Waals surface area (Å²) in [7, 11) is 1.72. The lowest BCUT2D eigenvalue weighted by Gasteiger charge is -2.10. The quantitative estimate of drug-likeness (QED) is 0.575. The third-order valence-electron chi connectivity index (χ3n) is 1.71. The number of aromatic nitrogens is 3. The summed E-state index contributed by atoms with van der Waals surface area (Å²) >= 11 is 0. The Morgan fingerprint density at radius 3 is 2.59 bits per heavy atom. The number of hydrogen-bond donors (Lipinski definition) is 1. The average molecular weight is 238 g/mol. The first-order chi connectivity index (χ1) is 8.15. The third kappa shape index (κ3) is 4.67. The molecule has 17 heavy (non-hydrogen) atoms. The Balaban J connectivity index is 2.77. The van der Waals surface area contributed by atoms with E-state index in [1.54, 1.807) is 13.1 Å². The van der Waals surface area contributed by atoms with Crippen LogP contribution in [0, 0.1) is 0 Å². The molecule has 6 heteroatoms. The molecule has 1 aromatic heterocycles. The zero-order chi connectivity index (χ0) is 12.7. The molecular formula is C11H18N4O2. The second kappa shape index (κ2) is 6.67. The molecule has 0 fully saturated rings. The molecule has 1 N–H and O–H groups in total. The van der Waals surface area contributed by atoms with E-state index in [9.17, 15) is 0 Å². The number of ether oxygens (including phenoxy) is 2. The van der Waals surface area contributed by atoms with Gasteiger partial charge in [-0.1, -0.05) is 6.08 Å². The van der Waals surface area contributed by atoms with Crippen molar-refractivity contribution in [1.82, 2.24) is 15.0 Å². The van der Waals surface area contributed by atoms with Gasteiger partial charge in [0.1, 0.15) is 0 Å². The van der Waals surface area contributed by atoms with E-state index in [4.69, 9.17) is 9.47 Å². The first-order valence-corrected chi connectivity index (χ1v) is 5.50. The van der Waals surface area contributed by atoms with Crippen molar-refractivity contribution >= 4 is 5.95 Å². The van der Waals surface area contributed by atoms with Gasteiger partial charge in [0.2, 0.25) is 5.95 Å². The summed E-state index contributed by atoms with van der Waals surface area (Å²) in [6.45, 7) is 7.90. The minimum atomic E-state index is 0.00290. The van der Waals surface area contributed by atoms with Crippen LogP contribution in [0.2, 0.25) is 0 Å². The van der Waals surface area contributed by atoms with Gasteiger partial charge in [0.15, 0.2) is 0 Å². The van der Waals surface area contributed by atoms with Gasteiger partial charge in [0.25, 0.3) is 0 Å². The van der Waals surface area contributed by atoms with Gasteiger partial charge in [0, 0.05) is 7.05 Å². The highest BCUT2D eigenvalue weighted by Crippen LogP contribution is 2.13. The van der Waals surface area contributed by atoms with Gasteiger partial charge in [-0.15, -0.1) is 11.6 Å². The summed E-state index contributed by atoms with van der Waals surface area (Å²) in [6.07, 6.45) is 2.51. The Kier molecular flexibility index (Phi) is 5.19. The van der Waals surface area contributed by atoms with Crippen molar-refractivity contribution in [2.75, 3.05) is 19.0 Å². The largest absolute Gasteiger partial charge is 0.463 e. The summed E-state index contributed by atoms with van der Waals surface area (Å²) < 4.78 is 10.8. The predicted molar refractivity (Wildman–Crippen MR) is 65.4 cm³/mol. The smallest absolute Gasteiger partial charge is 0.324 e. The topological polar surface area (TPSA) is 69.2 Å². The Labute approximate surface area is 101 Å². The van der Waals surface area contributed by atoms with E-state index in [2.05, 4.69) is 26.8 Å². The Bertz CT molecular complexity index is 368. The number of hydrogen-bond acceptors (Lipinski definition) is 6. The second-order valence-electron chi connectivity index (χ2n) is 3.57. The summed E-state index contributed by atoms with van der Waals surface area (Å²) in [5.41, 5.74) is 0. The Morgan fingerprint density at radius 1 is 1.29 bits per heavy atom. The minimum absolute atomic E-state index is 0.00290. The fourth-order valence-electron chi connectivity index (χ4n) is 1.01. The molecule has 0 aliphatic carbocycles. The van der Waals surface area contributed by atoms with Crippen molar-refractivity contribution in [3.05, 3.63) is 12.7 Å². The first kappa shape index (κ1) is 13.2. The standard InChI is InChI=1S/C11H18N4O2/c1-5-6-7-16-10-13-9(12-4)14-11(15-10)17-8(2)3/h5,8H,1,6-7H2,2-4H3,(H,12,13,14,15). The van der Waals surface area contributed by atoms with Gasteiger partial charge in [0.05, 0.1) is 12.7 Å². The summed E-state index contributed by atoms with van der Waals surface area (Å²) in [6, 6.07) is 0.509. The summed E-state index contributed by atoms with van der Waals surface area (Å²) in [5.74, 6) is 0.421.